The molecule has 0 radical (unpaired) electrons. The molecule has 1 saturated heterocycles. The number of aromatic nitrogens is 1. The standard InChI is InChI=1S/C12H18BrN3O/c1-10-8-11(13)9-16(12(10)17)7-6-15-4-2-14-3-5-15/h8-9,14H,2-7H2,1H3. The van der Waals surface area contributed by atoms with E-state index < -0.39 is 0 Å². The van der Waals surface area contributed by atoms with Gasteiger partial charge in [0, 0.05) is 55.5 Å². The molecule has 2 heterocycles. The Balaban J connectivity index is 2.00. The van der Waals surface area contributed by atoms with Crippen LogP contribution in [0.5, 0.6) is 0 Å². The number of hydrogen-bond donors (Lipinski definition) is 1. The van der Waals surface area contributed by atoms with Crippen LogP contribution < -0.4 is 10.9 Å². The Labute approximate surface area is 110 Å². The van der Waals surface area contributed by atoms with Gasteiger partial charge in [0.05, 0.1) is 0 Å². The van der Waals surface area contributed by atoms with E-state index in [0.717, 1.165) is 49.3 Å². The topological polar surface area (TPSA) is 37.3 Å². The molecule has 4 nitrogen and oxygen atoms in total. The highest BCUT2D eigenvalue weighted by molar-refractivity contribution is 9.10. The van der Waals surface area contributed by atoms with Gasteiger partial charge in [-0.25, -0.2) is 0 Å². The van der Waals surface area contributed by atoms with Crippen LogP contribution in [0.15, 0.2) is 21.5 Å². The first-order valence-corrected chi connectivity index (χ1v) is 6.76. The van der Waals surface area contributed by atoms with E-state index in [1.54, 1.807) is 4.57 Å². The highest BCUT2D eigenvalue weighted by Crippen LogP contribution is 2.08. The summed E-state index contributed by atoms with van der Waals surface area (Å²) in [6, 6.07) is 1.86. The Morgan fingerprint density at radius 3 is 2.76 bits per heavy atom. The average molecular weight is 300 g/mol. The summed E-state index contributed by atoms with van der Waals surface area (Å²) in [6.07, 6.45) is 1.87. The zero-order valence-corrected chi connectivity index (χ0v) is 11.7. The van der Waals surface area contributed by atoms with E-state index in [9.17, 15) is 4.79 Å². The van der Waals surface area contributed by atoms with E-state index in [-0.39, 0.29) is 5.56 Å². The summed E-state index contributed by atoms with van der Waals surface area (Å²) >= 11 is 3.43. The molecule has 1 aromatic heterocycles. The monoisotopic (exact) mass is 299 g/mol. The lowest BCUT2D eigenvalue weighted by atomic mass is 10.3. The lowest BCUT2D eigenvalue weighted by molar-refractivity contribution is 0.231. The van der Waals surface area contributed by atoms with Crippen molar-refractivity contribution in [2.75, 3.05) is 32.7 Å². The number of nitrogens with zero attached hydrogens (tertiary/aromatic N) is 2. The number of hydrogen-bond acceptors (Lipinski definition) is 3. The van der Waals surface area contributed by atoms with E-state index in [1.165, 1.54) is 0 Å². The van der Waals surface area contributed by atoms with E-state index >= 15 is 0 Å². The highest BCUT2D eigenvalue weighted by Gasteiger charge is 2.09. The quantitative estimate of drug-likeness (QED) is 0.898. The molecule has 0 aliphatic carbocycles. The Morgan fingerprint density at radius 1 is 1.35 bits per heavy atom. The van der Waals surface area contributed by atoms with Crippen molar-refractivity contribution < 1.29 is 0 Å². The second-order valence-corrected chi connectivity index (χ2v) is 5.35. The SMILES string of the molecule is Cc1cc(Br)cn(CCN2CCNCC2)c1=O. The number of aryl methyl sites for hydroxylation is 1. The first-order chi connectivity index (χ1) is 8.16. The van der Waals surface area contributed by atoms with Gasteiger partial charge in [-0.2, -0.15) is 0 Å². The molecule has 94 valence electrons. The van der Waals surface area contributed by atoms with Crippen LogP contribution >= 0.6 is 15.9 Å². The molecule has 0 aromatic carbocycles. The van der Waals surface area contributed by atoms with E-state index in [0.29, 0.717) is 0 Å². The normalized spacial score (nSPS) is 17.3. The molecule has 0 amide bonds. The Morgan fingerprint density at radius 2 is 2.06 bits per heavy atom. The Hall–Kier alpha value is -0.650. The minimum Gasteiger partial charge on any atom is -0.314 e. The first-order valence-electron chi connectivity index (χ1n) is 5.96. The molecule has 0 atom stereocenters. The van der Waals surface area contributed by atoms with Gasteiger partial charge in [0.15, 0.2) is 0 Å². The fraction of sp³-hybridized carbons (Fsp3) is 0.583. The summed E-state index contributed by atoms with van der Waals surface area (Å²) < 4.78 is 2.76. The van der Waals surface area contributed by atoms with E-state index in [1.807, 2.05) is 19.2 Å². The van der Waals surface area contributed by atoms with Crippen LogP contribution in [0.2, 0.25) is 0 Å². The molecule has 0 unspecified atom stereocenters. The van der Waals surface area contributed by atoms with Gasteiger partial charge in [0.2, 0.25) is 0 Å². The predicted molar refractivity (Wildman–Crippen MR) is 72.4 cm³/mol. The second kappa shape index (κ2) is 5.80. The molecule has 2 rings (SSSR count). The van der Waals surface area contributed by atoms with Gasteiger partial charge in [-0.05, 0) is 28.9 Å². The average Bonchev–Trinajstić information content (AvgIpc) is 2.33. The Bertz CT molecular complexity index is 438. The summed E-state index contributed by atoms with van der Waals surface area (Å²) in [5.74, 6) is 0. The third kappa shape index (κ3) is 3.40. The molecular weight excluding hydrogens is 282 g/mol. The van der Waals surface area contributed by atoms with Crippen LogP contribution in [0, 0.1) is 6.92 Å². The molecular formula is C12H18BrN3O. The zero-order chi connectivity index (χ0) is 12.3. The van der Waals surface area contributed by atoms with Gasteiger partial charge < -0.3 is 9.88 Å². The van der Waals surface area contributed by atoms with Crippen LogP contribution in [-0.2, 0) is 6.54 Å². The molecule has 0 bridgehead atoms. The minimum atomic E-state index is 0.114. The lowest BCUT2D eigenvalue weighted by Crippen LogP contribution is -2.45. The van der Waals surface area contributed by atoms with Gasteiger partial charge in [-0.3, -0.25) is 9.69 Å². The molecule has 0 saturated carbocycles. The molecule has 1 fully saturated rings. The second-order valence-electron chi connectivity index (χ2n) is 4.43. The van der Waals surface area contributed by atoms with Crippen molar-refractivity contribution in [3.05, 3.63) is 32.7 Å². The van der Waals surface area contributed by atoms with Crippen LogP contribution in [0.1, 0.15) is 5.56 Å². The molecule has 1 aliphatic heterocycles. The number of rotatable bonds is 3. The highest BCUT2D eigenvalue weighted by atomic mass is 79.9. The Kier molecular flexibility index (Phi) is 4.36. The first kappa shape index (κ1) is 12.8. The number of pyridine rings is 1. The maximum absolute atomic E-state index is 11.9. The summed E-state index contributed by atoms with van der Waals surface area (Å²) in [5, 5.41) is 3.32. The summed E-state index contributed by atoms with van der Waals surface area (Å²) in [7, 11) is 0. The lowest BCUT2D eigenvalue weighted by Gasteiger charge is -2.27. The molecule has 1 aromatic rings. The summed E-state index contributed by atoms with van der Waals surface area (Å²) in [5.41, 5.74) is 0.906. The predicted octanol–water partition coefficient (Wildman–Crippen LogP) is 0.824. The van der Waals surface area contributed by atoms with Crippen molar-refractivity contribution in [3.63, 3.8) is 0 Å². The van der Waals surface area contributed by atoms with E-state index in [4.69, 9.17) is 0 Å². The van der Waals surface area contributed by atoms with Crippen molar-refractivity contribution in [3.8, 4) is 0 Å². The number of halogens is 1. The third-order valence-electron chi connectivity index (χ3n) is 3.10. The summed E-state index contributed by atoms with van der Waals surface area (Å²) in [4.78, 5) is 14.3. The number of nitrogens with one attached hydrogen (secondary N) is 1. The van der Waals surface area contributed by atoms with Crippen molar-refractivity contribution in [2.24, 2.45) is 0 Å². The van der Waals surface area contributed by atoms with Gasteiger partial charge in [0.1, 0.15) is 0 Å². The van der Waals surface area contributed by atoms with Crippen molar-refractivity contribution in [2.45, 2.75) is 13.5 Å². The zero-order valence-electron chi connectivity index (χ0n) is 10.1. The van der Waals surface area contributed by atoms with Gasteiger partial charge in [-0.1, -0.05) is 0 Å². The number of piperazine rings is 1. The fourth-order valence-corrected chi connectivity index (χ4v) is 2.68. The van der Waals surface area contributed by atoms with Crippen LogP contribution in [0.25, 0.3) is 0 Å². The van der Waals surface area contributed by atoms with Gasteiger partial charge in [0.25, 0.3) is 5.56 Å². The molecule has 0 spiro atoms. The maximum Gasteiger partial charge on any atom is 0.253 e. The molecule has 17 heavy (non-hydrogen) atoms. The van der Waals surface area contributed by atoms with E-state index in [2.05, 4.69) is 26.1 Å². The van der Waals surface area contributed by atoms with Gasteiger partial charge in [-0.15, -0.1) is 0 Å². The van der Waals surface area contributed by atoms with Crippen LogP contribution in [-0.4, -0.2) is 42.2 Å². The molecule has 1 aliphatic rings. The minimum absolute atomic E-state index is 0.114. The maximum atomic E-state index is 11.9. The molecule has 5 heteroatoms. The third-order valence-corrected chi connectivity index (χ3v) is 3.53. The summed E-state index contributed by atoms with van der Waals surface area (Å²) in [6.45, 7) is 7.80. The van der Waals surface area contributed by atoms with Gasteiger partial charge >= 0.3 is 0 Å². The van der Waals surface area contributed by atoms with Crippen LogP contribution in [0.3, 0.4) is 0 Å². The van der Waals surface area contributed by atoms with Crippen LogP contribution in [0.4, 0.5) is 0 Å². The molecule has 1 N–H and O–H groups in total. The van der Waals surface area contributed by atoms with Crippen molar-refractivity contribution in [1.82, 2.24) is 14.8 Å². The largest absolute Gasteiger partial charge is 0.314 e. The smallest absolute Gasteiger partial charge is 0.253 e. The van der Waals surface area contributed by atoms with Crippen molar-refractivity contribution >= 4 is 15.9 Å². The van der Waals surface area contributed by atoms with Crippen molar-refractivity contribution in [1.29, 1.82) is 0 Å². The fourth-order valence-electron chi connectivity index (χ4n) is 2.09.